The van der Waals surface area contributed by atoms with E-state index in [1.54, 1.807) is 5.57 Å². The molecule has 0 aromatic heterocycles. The van der Waals surface area contributed by atoms with Crippen molar-refractivity contribution in [1.82, 2.24) is 10.6 Å². The Balaban J connectivity index is 0.912. The van der Waals surface area contributed by atoms with Crippen molar-refractivity contribution in [2.45, 2.75) is 124 Å². The van der Waals surface area contributed by atoms with Gasteiger partial charge in [0.2, 0.25) is 5.91 Å². The van der Waals surface area contributed by atoms with Gasteiger partial charge in [0.25, 0.3) is 0 Å². The van der Waals surface area contributed by atoms with Crippen LogP contribution < -0.4 is 10.6 Å². The molecule has 3 fully saturated rings. The lowest BCUT2D eigenvalue weighted by Crippen LogP contribution is -2.51. The molecular weight excluding hydrogens is 797 g/mol. The van der Waals surface area contributed by atoms with E-state index in [9.17, 15) is 14.4 Å². The van der Waals surface area contributed by atoms with Gasteiger partial charge in [-0.15, -0.1) is 0 Å². The average Bonchev–Trinajstić information content (AvgIpc) is 3.60. The molecule has 0 bridgehead atoms. The summed E-state index contributed by atoms with van der Waals surface area (Å²) in [6.07, 6.45) is 15.8. The quantitative estimate of drug-likeness (QED) is 0.0448. The molecule has 0 aliphatic heterocycles. The number of amides is 2. The first kappa shape index (κ1) is 52.3. The number of nitrogens with one attached hydrogen (secondary N) is 2. The second kappa shape index (κ2) is 28.6. The minimum atomic E-state index is -0.995. The van der Waals surface area contributed by atoms with Crippen molar-refractivity contribution in [3.05, 3.63) is 11.6 Å². The maximum atomic E-state index is 12.7. The molecule has 4 rings (SSSR count). The number of carboxylic acid groups (broad SMARTS) is 1. The van der Waals surface area contributed by atoms with Crippen LogP contribution in [0, 0.1) is 46.3 Å². The number of carboxylic acids is 1. The standard InChI is InChI=1S/C48H84N2O12/c1-36(2)7-6-8-37(3)41-11-12-42-40-10-9-38-35-39(15-17-47(38,4)43(40)16-18-48(41,42)5)62-46(54)50-20-22-56-24-26-58-28-30-60-32-34-61-33-31-59-29-27-57-25-23-55-21-19-49-44(51)13-14-45(52)53/h9,36-37,39-43H,6-8,10-35H2,1-5H3,(H,49,51)(H,50,54)(H,52,53)/t37-,39?,40+,41-,42+,43+,47+,48-/m1/s1. The third-order valence-corrected chi connectivity index (χ3v) is 14.4. The Morgan fingerprint density at radius 2 is 1.23 bits per heavy atom. The van der Waals surface area contributed by atoms with Gasteiger partial charge in [0.15, 0.2) is 0 Å². The smallest absolute Gasteiger partial charge is 0.407 e. The molecule has 358 valence electrons. The van der Waals surface area contributed by atoms with Crippen LogP contribution in [0.3, 0.4) is 0 Å². The lowest BCUT2D eigenvalue weighted by atomic mass is 9.47. The van der Waals surface area contributed by atoms with Crippen LogP contribution >= 0.6 is 0 Å². The van der Waals surface area contributed by atoms with Gasteiger partial charge in [-0.05, 0) is 91.3 Å². The third kappa shape index (κ3) is 17.6. The first-order valence-electron chi connectivity index (χ1n) is 24.1. The molecule has 3 saturated carbocycles. The van der Waals surface area contributed by atoms with Gasteiger partial charge in [-0.2, -0.15) is 0 Å². The molecule has 4 aliphatic rings. The van der Waals surface area contributed by atoms with Gasteiger partial charge in [0.05, 0.1) is 98.9 Å². The second-order valence-electron chi connectivity index (χ2n) is 19.0. The van der Waals surface area contributed by atoms with E-state index < -0.39 is 5.97 Å². The van der Waals surface area contributed by atoms with Crippen LogP contribution in [0.15, 0.2) is 11.6 Å². The van der Waals surface area contributed by atoms with E-state index in [0.717, 1.165) is 54.8 Å². The molecule has 4 aliphatic carbocycles. The van der Waals surface area contributed by atoms with Crippen molar-refractivity contribution >= 4 is 18.0 Å². The Kier molecular flexibility index (Phi) is 24.1. The van der Waals surface area contributed by atoms with Crippen molar-refractivity contribution in [2.75, 3.05) is 106 Å². The monoisotopic (exact) mass is 881 g/mol. The van der Waals surface area contributed by atoms with E-state index in [1.165, 1.54) is 51.4 Å². The van der Waals surface area contributed by atoms with Crippen LogP contribution in [-0.2, 0) is 47.5 Å². The van der Waals surface area contributed by atoms with Crippen LogP contribution in [-0.4, -0.2) is 135 Å². The van der Waals surface area contributed by atoms with Gasteiger partial charge in [-0.25, -0.2) is 4.79 Å². The van der Waals surface area contributed by atoms with Crippen molar-refractivity contribution in [3.8, 4) is 0 Å². The van der Waals surface area contributed by atoms with E-state index in [0.29, 0.717) is 111 Å². The first-order chi connectivity index (χ1) is 29.9. The average molecular weight is 881 g/mol. The summed E-state index contributed by atoms with van der Waals surface area (Å²) in [5.41, 5.74) is 2.29. The maximum absolute atomic E-state index is 12.7. The van der Waals surface area contributed by atoms with Gasteiger partial charge in [0.1, 0.15) is 6.10 Å². The fourth-order valence-electron chi connectivity index (χ4n) is 11.2. The molecule has 3 N–H and O–H groups in total. The molecule has 8 atom stereocenters. The summed E-state index contributed by atoms with van der Waals surface area (Å²) < 4.78 is 44.4. The number of carbonyl (C=O) groups is 3. The van der Waals surface area contributed by atoms with Gasteiger partial charge in [-0.3, -0.25) is 9.59 Å². The molecule has 0 radical (unpaired) electrons. The van der Waals surface area contributed by atoms with E-state index in [1.807, 2.05) is 0 Å². The summed E-state index contributed by atoms with van der Waals surface area (Å²) in [7, 11) is 0. The summed E-state index contributed by atoms with van der Waals surface area (Å²) in [5.74, 6) is 3.65. The molecule has 0 saturated heterocycles. The summed E-state index contributed by atoms with van der Waals surface area (Å²) in [5, 5.41) is 14.0. The fourth-order valence-corrected chi connectivity index (χ4v) is 11.2. The van der Waals surface area contributed by atoms with Crippen molar-refractivity contribution in [1.29, 1.82) is 0 Å². The van der Waals surface area contributed by atoms with Crippen LogP contribution in [0.5, 0.6) is 0 Å². The van der Waals surface area contributed by atoms with Crippen LogP contribution in [0.4, 0.5) is 4.79 Å². The van der Waals surface area contributed by atoms with E-state index >= 15 is 0 Å². The van der Waals surface area contributed by atoms with Gasteiger partial charge in [0, 0.05) is 25.9 Å². The second-order valence-corrected chi connectivity index (χ2v) is 19.0. The largest absolute Gasteiger partial charge is 0.481 e. The first-order valence-corrected chi connectivity index (χ1v) is 24.1. The molecule has 14 heteroatoms. The normalized spacial score (nSPS) is 27.2. The zero-order chi connectivity index (χ0) is 44.6. The minimum absolute atomic E-state index is 0.0360. The summed E-state index contributed by atoms with van der Waals surface area (Å²) in [6, 6.07) is 0. The third-order valence-electron chi connectivity index (χ3n) is 14.4. The molecule has 1 unspecified atom stereocenters. The molecule has 14 nitrogen and oxygen atoms in total. The van der Waals surface area contributed by atoms with Gasteiger partial charge >= 0.3 is 12.1 Å². The predicted octanol–water partition coefficient (Wildman–Crippen LogP) is 7.22. The van der Waals surface area contributed by atoms with Crippen LogP contribution in [0.25, 0.3) is 0 Å². The van der Waals surface area contributed by atoms with E-state index in [4.69, 9.17) is 43.0 Å². The number of alkyl carbamates (subject to hydrolysis) is 1. The molecule has 0 aromatic carbocycles. The Morgan fingerprint density at radius 3 is 1.77 bits per heavy atom. The Labute approximate surface area is 372 Å². The van der Waals surface area contributed by atoms with Crippen molar-refractivity contribution < 1.29 is 57.4 Å². The summed E-state index contributed by atoms with van der Waals surface area (Å²) in [6.45, 7) is 19.3. The van der Waals surface area contributed by atoms with E-state index in [2.05, 4.69) is 51.3 Å². The number of ether oxygens (including phenoxy) is 8. The zero-order valence-electron chi connectivity index (χ0n) is 39.1. The molecule has 0 spiro atoms. The summed E-state index contributed by atoms with van der Waals surface area (Å²) in [4.78, 5) is 34.5. The van der Waals surface area contributed by atoms with Gasteiger partial charge in [-0.1, -0.05) is 65.5 Å². The highest BCUT2D eigenvalue weighted by molar-refractivity contribution is 5.80. The van der Waals surface area contributed by atoms with Gasteiger partial charge < -0.3 is 53.6 Å². The minimum Gasteiger partial charge on any atom is -0.481 e. The lowest BCUT2D eigenvalue weighted by Gasteiger charge is -2.58. The van der Waals surface area contributed by atoms with Crippen LogP contribution in [0.1, 0.15) is 118 Å². The molecule has 2 amide bonds. The molecule has 62 heavy (non-hydrogen) atoms. The highest BCUT2D eigenvalue weighted by Crippen LogP contribution is 2.67. The SMILES string of the molecule is CC(C)CCC[C@@H](C)[C@H]1CC[C@H]2[C@@H]3CC=C4CC(OC(=O)NCCOCCOCCOCCOCCOCCOCCOCCNC(=O)CCC(=O)O)CC[C@]4(C)[C@H]3CC[C@]12C. The number of hydrogen-bond acceptors (Lipinski definition) is 11. The number of rotatable bonds is 33. The molecule has 0 heterocycles. The number of fused-ring (bicyclic) bond motifs is 5. The number of aliphatic carboxylic acids is 1. The Hall–Kier alpha value is -2.33. The fraction of sp³-hybridized carbons (Fsp3) is 0.896. The van der Waals surface area contributed by atoms with E-state index in [-0.39, 0.29) is 36.4 Å². The highest BCUT2D eigenvalue weighted by Gasteiger charge is 2.59. The number of carbonyl (C=O) groups excluding carboxylic acids is 2. The molecule has 0 aromatic rings. The molecular formula is C48H84N2O12. The predicted molar refractivity (Wildman–Crippen MR) is 237 cm³/mol. The number of allylic oxidation sites excluding steroid dienone is 1. The maximum Gasteiger partial charge on any atom is 0.407 e. The topological polar surface area (TPSA) is 169 Å². The Morgan fingerprint density at radius 1 is 0.677 bits per heavy atom. The zero-order valence-corrected chi connectivity index (χ0v) is 39.1. The van der Waals surface area contributed by atoms with Crippen molar-refractivity contribution in [3.63, 3.8) is 0 Å². The van der Waals surface area contributed by atoms with Crippen molar-refractivity contribution in [2.24, 2.45) is 46.3 Å². The lowest BCUT2D eigenvalue weighted by molar-refractivity contribution is -0.138. The Bertz CT molecular complexity index is 1330. The highest BCUT2D eigenvalue weighted by atomic mass is 16.6. The summed E-state index contributed by atoms with van der Waals surface area (Å²) >= 11 is 0. The number of hydrogen-bond donors (Lipinski definition) is 3. The van der Waals surface area contributed by atoms with Crippen LogP contribution in [0.2, 0.25) is 0 Å².